The molecule has 0 amide bonds. The molecule has 2 heteroatoms. The number of azo groups is 1. The molecule has 0 aliphatic heterocycles. The number of nitrogens with zero attached hydrogens (tertiary/aromatic N) is 2. The van der Waals surface area contributed by atoms with E-state index in [0.717, 1.165) is 18.5 Å². The molecule has 0 spiro atoms. The maximum atomic E-state index is 4.04. The van der Waals surface area contributed by atoms with Crippen LogP contribution in [0.5, 0.6) is 0 Å². The summed E-state index contributed by atoms with van der Waals surface area (Å²) in [6, 6.07) is 0. The summed E-state index contributed by atoms with van der Waals surface area (Å²) in [5, 5.41) is 8.09. The number of allylic oxidation sites excluding steroid dienone is 6. The first-order valence-electron chi connectivity index (χ1n) is 5.66. The van der Waals surface area contributed by atoms with Crippen LogP contribution in [0.2, 0.25) is 0 Å². The first-order chi connectivity index (χ1) is 7.70. The molecule has 0 rings (SSSR count). The topological polar surface area (TPSA) is 24.7 Å². The van der Waals surface area contributed by atoms with Crippen LogP contribution < -0.4 is 0 Å². The minimum atomic E-state index is 0.619. The van der Waals surface area contributed by atoms with Crippen LogP contribution in [0.3, 0.4) is 0 Å². The average molecular weight is 218 g/mol. The Morgan fingerprint density at radius 3 is 2.62 bits per heavy atom. The van der Waals surface area contributed by atoms with E-state index in [-0.39, 0.29) is 0 Å². The molecule has 0 aromatic rings. The first kappa shape index (κ1) is 14.6. The smallest absolute Gasteiger partial charge is 0.0787 e. The summed E-state index contributed by atoms with van der Waals surface area (Å²) in [7, 11) is 0. The van der Waals surface area contributed by atoms with Crippen LogP contribution >= 0.6 is 0 Å². The van der Waals surface area contributed by atoms with Gasteiger partial charge in [-0.1, -0.05) is 42.5 Å². The van der Waals surface area contributed by atoms with Gasteiger partial charge in [0.1, 0.15) is 0 Å². The van der Waals surface area contributed by atoms with E-state index in [4.69, 9.17) is 0 Å². The molecular weight excluding hydrogens is 196 g/mol. The maximum Gasteiger partial charge on any atom is 0.0787 e. The van der Waals surface area contributed by atoms with E-state index < -0.39 is 0 Å². The lowest BCUT2D eigenvalue weighted by Gasteiger charge is -1.93. The molecule has 0 radical (unpaired) electrons. The van der Waals surface area contributed by atoms with Gasteiger partial charge in [0, 0.05) is 0 Å². The summed E-state index contributed by atoms with van der Waals surface area (Å²) < 4.78 is 0. The van der Waals surface area contributed by atoms with Gasteiger partial charge in [-0.05, 0) is 33.6 Å². The fourth-order valence-corrected chi connectivity index (χ4v) is 0.989. The van der Waals surface area contributed by atoms with Crippen molar-refractivity contribution in [3.63, 3.8) is 0 Å². The van der Waals surface area contributed by atoms with Gasteiger partial charge in [0.2, 0.25) is 0 Å². The van der Waals surface area contributed by atoms with Crippen molar-refractivity contribution in [3.8, 4) is 0 Å². The molecule has 0 N–H and O–H groups in total. The Labute approximate surface area is 99.2 Å². The Kier molecular flexibility index (Phi) is 9.18. The van der Waals surface area contributed by atoms with Crippen molar-refractivity contribution in [2.45, 2.75) is 33.6 Å². The molecule has 0 bridgehead atoms. The van der Waals surface area contributed by atoms with Gasteiger partial charge in [-0.3, -0.25) is 0 Å². The van der Waals surface area contributed by atoms with Crippen LogP contribution in [0.15, 0.2) is 58.5 Å². The molecule has 0 heterocycles. The van der Waals surface area contributed by atoms with Crippen LogP contribution in [0, 0.1) is 0 Å². The quantitative estimate of drug-likeness (QED) is 0.332. The molecule has 0 aliphatic rings. The Bertz CT molecular complexity index is 307. The molecule has 88 valence electrons. The van der Waals surface area contributed by atoms with Gasteiger partial charge in [0.25, 0.3) is 0 Å². The predicted octanol–water partition coefficient (Wildman–Crippen LogP) is 4.83. The van der Waals surface area contributed by atoms with E-state index in [1.54, 1.807) is 0 Å². The van der Waals surface area contributed by atoms with Gasteiger partial charge in [-0.15, -0.1) is 0 Å². The highest BCUT2D eigenvalue weighted by molar-refractivity contribution is 5.14. The maximum absolute atomic E-state index is 4.04. The number of hydrogen-bond donors (Lipinski definition) is 0. The Morgan fingerprint density at radius 1 is 1.25 bits per heavy atom. The molecule has 0 fully saturated rings. The summed E-state index contributed by atoms with van der Waals surface area (Å²) in [5.41, 5.74) is 2.08. The SMILES string of the molecule is C=C(CC/C=C\C)/N=N/CC=CC(C)=CC. The summed E-state index contributed by atoms with van der Waals surface area (Å²) in [4.78, 5) is 0. The van der Waals surface area contributed by atoms with Gasteiger partial charge in [0.15, 0.2) is 0 Å². The summed E-state index contributed by atoms with van der Waals surface area (Å²) in [6.07, 6.45) is 12.1. The fraction of sp³-hybridized carbons (Fsp3) is 0.429. The summed E-state index contributed by atoms with van der Waals surface area (Å²) in [5.74, 6) is 0. The molecule has 0 saturated heterocycles. The Balaban J connectivity index is 3.75. The number of hydrogen-bond acceptors (Lipinski definition) is 2. The van der Waals surface area contributed by atoms with Gasteiger partial charge < -0.3 is 0 Å². The third-order valence-corrected chi connectivity index (χ3v) is 2.07. The summed E-state index contributed by atoms with van der Waals surface area (Å²) in [6.45, 7) is 10.6. The van der Waals surface area contributed by atoms with Crippen molar-refractivity contribution in [3.05, 3.63) is 48.2 Å². The molecule has 0 aromatic carbocycles. The van der Waals surface area contributed by atoms with Crippen LogP contribution in [0.1, 0.15) is 33.6 Å². The van der Waals surface area contributed by atoms with Gasteiger partial charge >= 0.3 is 0 Å². The monoisotopic (exact) mass is 218 g/mol. The zero-order chi connectivity index (χ0) is 12.2. The lowest BCUT2D eigenvalue weighted by atomic mass is 10.2. The van der Waals surface area contributed by atoms with Crippen molar-refractivity contribution in [2.75, 3.05) is 6.54 Å². The van der Waals surface area contributed by atoms with E-state index >= 15 is 0 Å². The van der Waals surface area contributed by atoms with E-state index in [9.17, 15) is 0 Å². The second-order valence-electron chi connectivity index (χ2n) is 3.53. The molecule has 0 atom stereocenters. The van der Waals surface area contributed by atoms with Crippen molar-refractivity contribution in [1.29, 1.82) is 0 Å². The third kappa shape index (κ3) is 9.13. The standard InChI is InChI=1S/C14H22N2/c1-5-7-8-11-14(4)16-15-12-9-10-13(3)6-2/h5-7,9-10H,4,8,11-12H2,1-3H3/b7-5-,10-9?,13-6?,16-15+. The predicted molar refractivity (Wildman–Crippen MR) is 71.5 cm³/mol. The normalized spacial score (nSPS) is 13.3. The van der Waals surface area contributed by atoms with E-state index in [1.165, 1.54) is 5.57 Å². The lowest BCUT2D eigenvalue weighted by Crippen LogP contribution is -1.76. The first-order valence-corrected chi connectivity index (χ1v) is 5.66. The minimum Gasteiger partial charge on any atom is -0.185 e. The zero-order valence-electron chi connectivity index (χ0n) is 10.6. The van der Waals surface area contributed by atoms with Crippen LogP contribution in [-0.2, 0) is 0 Å². The second kappa shape index (κ2) is 10.1. The molecular formula is C14H22N2. The van der Waals surface area contributed by atoms with Crippen LogP contribution in [0.4, 0.5) is 0 Å². The molecule has 0 aliphatic carbocycles. The average Bonchev–Trinajstić information content (AvgIpc) is 2.28. The Morgan fingerprint density at radius 2 is 2.00 bits per heavy atom. The van der Waals surface area contributed by atoms with Gasteiger partial charge in [0.05, 0.1) is 12.2 Å². The van der Waals surface area contributed by atoms with E-state index in [0.29, 0.717) is 6.54 Å². The highest BCUT2D eigenvalue weighted by Gasteiger charge is 1.87. The largest absolute Gasteiger partial charge is 0.185 e. The second-order valence-corrected chi connectivity index (χ2v) is 3.53. The molecule has 0 aromatic heterocycles. The molecule has 0 saturated carbocycles. The third-order valence-electron chi connectivity index (χ3n) is 2.07. The molecule has 0 unspecified atom stereocenters. The minimum absolute atomic E-state index is 0.619. The van der Waals surface area contributed by atoms with Crippen molar-refractivity contribution >= 4 is 0 Å². The highest BCUT2D eigenvalue weighted by Crippen LogP contribution is 2.05. The number of rotatable bonds is 7. The highest BCUT2D eigenvalue weighted by atomic mass is 15.1. The molecule has 2 nitrogen and oxygen atoms in total. The van der Waals surface area contributed by atoms with E-state index in [2.05, 4.69) is 35.9 Å². The van der Waals surface area contributed by atoms with Gasteiger partial charge in [-0.25, -0.2) is 0 Å². The van der Waals surface area contributed by atoms with Crippen molar-refractivity contribution < 1.29 is 0 Å². The Hall–Kier alpha value is -1.44. The van der Waals surface area contributed by atoms with Crippen LogP contribution in [0.25, 0.3) is 0 Å². The van der Waals surface area contributed by atoms with Crippen molar-refractivity contribution in [2.24, 2.45) is 10.2 Å². The summed E-state index contributed by atoms with van der Waals surface area (Å²) >= 11 is 0. The van der Waals surface area contributed by atoms with Crippen molar-refractivity contribution in [1.82, 2.24) is 0 Å². The lowest BCUT2D eigenvalue weighted by molar-refractivity contribution is 0.903. The van der Waals surface area contributed by atoms with Gasteiger partial charge in [-0.2, -0.15) is 10.2 Å². The van der Waals surface area contributed by atoms with E-state index in [1.807, 2.05) is 32.1 Å². The zero-order valence-corrected chi connectivity index (χ0v) is 10.6. The fourth-order valence-electron chi connectivity index (χ4n) is 0.989. The van der Waals surface area contributed by atoms with Crippen LogP contribution in [-0.4, -0.2) is 6.54 Å². The molecule has 16 heavy (non-hydrogen) atoms.